The summed E-state index contributed by atoms with van der Waals surface area (Å²) >= 11 is 0. The normalized spacial score (nSPS) is 6.68. The van der Waals surface area contributed by atoms with Crippen LogP contribution in [0.4, 0.5) is 0 Å². The summed E-state index contributed by atoms with van der Waals surface area (Å²) in [6.45, 7) is 61.7. The van der Waals surface area contributed by atoms with Crippen molar-refractivity contribution in [3.8, 4) is 0 Å². The van der Waals surface area contributed by atoms with E-state index in [0.29, 0.717) is 6.42 Å². The first-order valence-corrected chi connectivity index (χ1v) is 14.2. The second kappa shape index (κ2) is 164. The second-order valence-electron chi connectivity index (χ2n) is 4.60. The molecule has 8 heteroatoms. The molecule has 0 bridgehead atoms. The lowest BCUT2D eigenvalue weighted by Crippen LogP contribution is -2.04. The van der Waals surface area contributed by atoms with Crippen LogP contribution in [0.3, 0.4) is 0 Å². The van der Waals surface area contributed by atoms with Gasteiger partial charge in [0.2, 0.25) is 0 Å². The Balaban J connectivity index is -0.0000000262. The molecule has 0 aromatic heterocycles. The Morgan fingerprint density at radius 3 is 0.902 bits per heavy atom. The summed E-state index contributed by atoms with van der Waals surface area (Å²) in [6.07, 6.45) is 7.68. The molecule has 0 aromatic carbocycles. The molecule has 0 spiro atoms. The molecule has 0 aromatic rings. The van der Waals surface area contributed by atoms with Crippen LogP contribution in [0.5, 0.6) is 0 Å². The molecule has 0 heterocycles. The van der Waals surface area contributed by atoms with Gasteiger partial charge in [-0.2, -0.15) is 8.42 Å². The Labute approximate surface area is 259 Å². The van der Waals surface area contributed by atoms with Crippen LogP contribution in [0.15, 0.2) is 118 Å². The van der Waals surface area contributed by atoms with E-state index in [0.717, 1.165) is 26.1 Å². The van der Waals surface area contributed by atoms with Gasteiger partial charge in [-0.1, -0.05) is 45.4 Å². The molecule has 0 unspecified atom stereocenters. The van der Waals surface area contributed by atoms with E-state index in [1.807, 2.05) is 13.8 Å². The van der Waals surface area contributed by atoms with Gasteiger partial charge in [0.05, 0.1) is 19.8 Å². The number of hydrogen-bond donors (Lipinski definition) is 3. The maximum Gasteiger partial charge on any atom is 0.397 e. The number of hydrogen-bond acceptors (Lipinski definition) is 6. The maximum atomic E-state index is 10.1. The molecule has 3 N–H and O–H groups in total. The molecule has 0 amide bonds. The number of aliphatic hydroxyl groups is 2. The molecule has 0 aliphatic heterocycles. The lowest BCUT2D eigenvalue weighted by atomic mass is 10.1. The largest absolute Gasteiger partial charge is 0.397 e. The summed E-state index contributed by atoms with van der Waals surface area (Å²) in [6, 6.07) is 0. The SMILES string of the molecule is C=C.C=C.C=C.C=C.C=C.C=C.C=C.C=C.C=C.CCCCCCCCCOS(=O)(=O)O.CCOCC.OCCO. The first-order valence-electron chi connectivity index (χ1n) is 12.8. The molecule has 252 valence electrons. The van der Waals surface area contributed by atoms with Gasteiger partial charge in [-0.05, 0) is 20.3 Å². The van der Waals surface area contributed by atoms with Gasteiger partial charge in [0.15, 0.2) is 0 Å². The molecule has 0 saturated carbocycles. The van der Waals surface area contributed by atoms with Crippen molar-refractivity contribution >= 4 is 10.4 Å². The topological polar surface area (TPSA) is 113 Å². The molecule has 0 radical (unpaired) electrons. The predicted octanol–water partition coefficient (Wildman–Crippen LogP) is 9.79. The molecule has 0 saturated heterocycles. The Morgan fingerprint density at radius 1 is 0.488 bits per heavy atom. The minimum absolute atomic E-state index is 0.0899. The summed E-state index contributed by atoms with van der Waals surface area (Å²) in [4.78, 5) is 0. The Hall–Kier alpha value is -2.59. The summed E-state index contributed by atoms with van der Waals surface area (Å²) < 4.78 is 37.5. The van der Waals surface area contributed by atoms with Crippen molar-refractivity contribution in [1.29, 1.82) is 0 Å². The summed E-state index contributed by atoms with van der Waals surface area (Å²) in [7, 11) is -4.23. The quantitative estimate of drug-likeness (QED) is 0.114. The maximum absolute atomic E-state index is 10.1. The first kappa shape index (κ1) is 77.1. The molecule has 0 aliphatic rings. The summed E-state index contributed by atoms with van der Waals surface area (Å²) in [5, 5.41) is 15.2. The van der Waals surface area contributed by atoms with E-state index >= 15 is 0 Å². The number of unbranched alkanes of at least 4 members (excludes halogenated alkanes) is 6. The van der Waals surface area contributed by atoms with Gasteiger partial charge in [-0.15, -0.1) is 118 Å². The van der Waals surface area contributed by atoms with Gasteiger partial charge in [0.1, 0.15) is 0 Å². The average molecular weight is 613 g/mol. The van der Waals surface area contributed by atoms with Gasteiger partial charge < -0.3 is 14.9 Å². The standard InChI is InChI=1S/C9H20O4S.C4H10O.C2H6O2.9C2H4/c1-2-3-4-5-6-7-8-9-13-14(10,11)12;1-3-5-4-2;3-1-2-4;9*1-2/h2-9H2,1H3,(H,10,11,12);3-4H2,1-2H3;3-4H,1-2H2;9*1-2H2. The Bertz CT molecular complexity index is 374. The highest BCUT2D eigenvalue weighted by Crippen LogP contribution is 2.07. The van der Waals surface area contributed by atoms with E-state index in [4.69, 9.17) is 19.5 Å². The summed E-state index contributed by atoms with van der Waals surface area (Å²) in [5.74, 6) is 0. The highest BCUT2D eigenvalue weighted by molar-refractivity contribution is 7.80. The van der Waals surface area contributed by atoms with Gasteiger partial charge in [0.25, 0.3) is 0 Å². The molecule has 0 fully saturated rings. The lowest BCUT2D eigenvalue weighted by molar-refractivity contribution is 0.162. The van der Waals surface area contributed by atoms with Crippen molar-refractivity contribution in [2.75, 3.05) is 33.0 Å². The number of ether oxygens (including phenoxy) is 1. The van der Waals surface area contributed by atoms with Crippen molar-refractivity contribution in [3.63, 3.8) is 0 Å². The van der Waals surface area contributed by atoms with Crippen LogP contribution in [-0.4, -0.2) is 56.2 Å². The van der Waals surface area contributed by atoms with Crippen molar-refractivity contribution < 1.29 is 32.1 Å². The fourth-order valence-electron chi connectivity index (χ4n) is 1.43. The molecular formula is C33H72O7S. The minimum Gasteiger partial charge on any atom is -0.394 e. The minimum atomic E-state index is -4.23. The van der Waals surface area contributed by atoms with Crippen molar-refractivity contribution in [1.82, 2.24) is 0 Å². The Kier molecular flexibility index (Phi) is 308. The first-order chi connectivity index (χ1) is 19.9. The average Bonchev–Trinajstić information content (AvgIpc) is 3.07. The van der Waals surface area contributed by atoms with Crippen molar-refractivity contribution in [3.05, 3.63) is 118 Å². The third-order valence-electron chi connectivity index (χ3n) is 2.49. The van der Waals surface area contributed by atoms with E-state index in [1.54, 1.807) is 0 Å². The van der Waals surface area contributed by atoms with Crippen molar-refractivity contribution in [2.45, 2.75) is 65.7 Å². The van der Waals surface area contributed by atoms with Crippen LogP contribution in [0.25, 0.3) is 0 Å². The van der Waals surface area contributed by atoms with E-state index in [1.165, 1.54) is 25.7 Å². The lowest BCUT2D eigenvalue weighted by Gasteiger charge is -2.00. The van der Waals surface area contributed by atoms with E-state index in [2.05, 4.69) is 130 Å². The molecule has 41 heavy (non-hydrogen) atoms. The smallest absolute Gasteiger partial charge is 0.394 e. The van der Waals surface area contributed by atoms with Gasteiger partial charge in [-0.3, -0.25) is 4.55 Å². The van der Waals surface area contributed by atoms with Gasteiger partial charge in [-0.25, -0.2) is 4.18 Å². The van der Waals surface area contributed by atoms with E-state index in [-0.39, 0.29) is 19.8 Å². The zero-order valence-corrected chi connectivity index (χ0v) is 28.4. The fraction of sp³-hybridized carbons (Fsp3) is 0.455. The zero-order chi connectivity index (χ0) is 36.4. The third-order valence-corrected chi connectivity index (χ3v) is 2.95. The predicted molar refractivity (Wildman–Crippen MR) is 193 cm³/mol. The van der Waals surface area contributed by atoms with E-state index < -0.39 is 10.4 Å². The molecule has 0 rings (SSSR count). The third kappa shape index (κ3) is 360. The van der Waals surface area contributed by atoms with Crippen LogP contribution in [0.1, 0.15) is 65.7 Å². The molecule has 7 nitrogen and oxygen atoms in total. The summed E-state index contributed by atoms with van der Waals surface area (Å²) in [5.41, 5.74) is 0. The van der Waals surface area contributed by atoms with Gasteiger partial charge in [0, 0.05) is 13.2 Å². The molecular weight excluding hydrogens is 540 g/mol. The van der Waals surface area contributed by atoms with Crippen LogP contribution >= 0.6 is 0 Å². The number of aliphatic hydroxyl groups excluding tert-OH is 2. The number of rotatable bonds is 12. The highest BCUT2D eigenvalue weighted by atomic mass is 32.3. The highest BCUT2D eigenvalue weighted by Gasteiger charge is 2.02. The van der Waals surface area contributed by atoms with Crippen LogP contribution in [-0.2, 0) is 19.3 Å². The monoisotopic (exact) mass is 612 g/mol. The fourth-order valence-corrected chi connectivity index (χ4v) is 1.76. The van der Waals surface area contributed by atoms with Crippen LogP contribution in [0, 0.1) is 0 Å². The zero-order valence-electron chi connectivity index (χ0n) is 27.6. The molecule has 0 aliphatic carbocycles. The van der Waals surface area contributed by atoms with Crippen LogP contribution in [0.2, 0.25) is 0 Å². The second-order valence-corrected chi connectivity index (χ2v) is 5.69. The van der Waals surface area contributed by atoms with E-state index in [9.17, 15) is 8.42 Å². The van der Waals surface area contributed by atoms with Gasteiger partial charge >= 0.3 is 10.4 Å². The van der Waals surface area contributed by atoms with Crippen LogP contribution < -0.4 is 0 Å². The molecule has 0 atom stereocenters. The van der Waals surface area contributed by atoms with Crippen molar-refractivity contribution in [2.24, 2.45) is 0 Å². The Morgan fingerprint density at radius 2 is 0.732 bits per heavy atom.